The molecule has 0 bridgehead atoms. The summed E-state index contributed by atoms with van der Waals surface area (Å²) in [6, 6.07) is 21.3. The number of hydrogen-bond acceptors (Lipinski definition) is 1. The smallest absolute Gasteiger partial charge is 0.142 e. The van der Waals surface area contributed by atoms with Gasteiger partial charge >= 0.3 is 0 Å². The lowest BCUT2D eigenvalue weighted by Crippen LogP contribution is -2.41. The Morgan fingerprint density at radius 1 is 0.750 bits per heavy atom. The molecule has 2 aromatic rings. The number of hydrogen-bond donors (Lipinski definition) is 0. The second-order valence-corrected chi connectivity index (χ2v) is 6.39. The maximum atomic E-state index is 2.31. The first-order chi connectivity index (χ1) is 11.8. The van der Waals surface area contributed by atoms with E-state index in [-0.39, 0.29) is 0 Å². The molecule has 0 atom stereocenters. The van der Waals surface area contributed by atoms with Crippen molar-refractivity contribution < 1.29 is 0 Å². The molecule has 0 radical (unpaired) electrons. The molecular formula is C22H27N2+. The highest BCUT2D eigenvalue weighted by Gasteiger charge is 2.28. The Hall–Kier alpha value is -2.32. The van der Waals surface area contributed by atoms with Crippen LogP contribution in [0.1, 0.15) is 32.6 Å². The van der Waals surface area contributed by atoms with Gasteiger partial charge in [-0.2, -0.15) is 0 Å². The molecule has 0 saturated heterocycles. The van der Waals surface area contributed by atoms with E-state index in [1.165, 1.54) is 37.1 Å². The van der Waals surface area contributed by atoms with E-state index in [0.29, 0.717) is 0 Å². The Bertz CT molecular complexity index is 660. The van der Waals surface area contributed by atoms with Gasteiger partial charge in [0.15, 0.2) is 0 Å². The van der Waals surface area contributed by atoms with Crippen LogP contribution in [-0.4, -0.2) is 6.54 Å². The number of anilines is 1. The fourth-order valence-corrected chi connectivity index (χ4v) is 3.21. The molecule has 124 valence electrons. The standard InChI is InChI=1S/C22H27N2/c1-2-3-4-11-18-24(22-14-9-6-10-15-22)19-16-23(17-20-24)21-12-7-5-8-13-21/h5-10,12-17,19-20H,2-4,11,18H2,1H3/q+1. The first-order valence-corrected chi connectivity index (χ1v) is 8.99. The largest absolute Gasteiger partial charge is 0.313 e. The molecule has 0 N–H and O–H groups in total. The van der Waals surface area contributed by atoms with E-state index < -0.39 is 0 Å². The molecular weight excluding hydrogens is 292 g/mol. The van der Waals surface area contributed by atoms with Gasteiger partial charge in [0.05, 0.1) is 18.9 Å². The Morgan fingerprint density at radius 2 is 1.38 bits per heavy atom. The summed E-state index contributed by atoms with van der Waals surface area (Å²) < 4.78 is 0.799. The van der Waals surface area contributed by atoms with Crippen LogP contribution in [0.5, 0.6) is 0 Å². The summed E-state index contributed by atoms with van der Waals surface area (Å²) in [5.74, 6) is 0. The molecule has 1 aliphatic rings. The minimum atomic E-state index is 0.799. The van der Waals surface area contributed by atoms with Gasteiger partial charge < -0.3 is 4.90 Å². The summed E-state index contributed by atoms with van der Waals surface area (Å²) in [6.45, 7) is 3.37. The Balaban J connectivity index is 1.81. The van der Waals surface area contributed by atoms with Gasteiger partial charge in [-0.25, -0.2) is 4.48 Å². The van der Waals surface area contributed by atoms with Gasteiger partial charge in [0, 0.05) is 5.69 Å². The monoisotopic (exact) mass is 319 g/mol. The van der Waals surface area contributed by atoms with E-state index in [0.717, 1.165) is 11.0 Å². The maximum absolute atomic E-state index is 2.31. The van der Waals surface area contributed by atoms with Gasteiger partial charge in [-0.3, -0.25) is 0 Å². The van der Waals surface area contributed by atoms with Crippen molar-refractivity contribution in [2.24, 2.45) is 0 Å². The number of para-hydroxylation sites is 2. The van der Waals surface area contributed by atoms with E-state index in [4.69, 9.17) is 0 Å². The Kier molecular flexibility index (Phi) is 5.50. The molecule has 0 aromatic heterocycles. The fourth-order valence-electron chi connectivity index (χ4n) is 3.21. The van der Waals surface area contributed by atoms with Gasteiger partial charge in [0.25, 0.3) is 0 Å². The first-order valence-electron chi connectivity index (χ1n) is 8.99. The zero-order valence-corrected chi connectivity index (χ0v) is 14.5. The van der Waals surface area contributed by atoms with Gasteiger partial charge in [-0.15, -0.1) is 0 Å². The van der Waals surface area contributed by atoms with Gasteiger partial charge in [-0.1, -0.05) is 56.2 Å². The molecule has 3 rings (SSSR count). The topological polar surface area (TPSA) is 3.24 Å². The molecule has 0 saturated carbocycles. The third-order valence-corrected chi connectivity index (χ3v) is 4.66. The second-order valence-electron chi connectivity index (χ2n) is 6.39. The van der Waals surface area contributed by atoms with Crippen molar-refractivity contribution in [2.45, 2.75) is 32.6 Å². The molecule has 0 aliphatic carbocycles. The summed E-state index contributed by atoms with van der Waals surface area (Å²) in [4.78, 5) is 2.19. The van der Waals surface area contributed by atoms with Crippen molar-refractivity contribution in [3.8, 4) is 0 Å². The highest BCUT2D eigenvalue weighted by molar-refractivity contribution is 5.57. The summed E-state index contributed by atoms with van der Waals surface area (Å²) >= 11 is 0. The van der Waals surface area contributed by atoms with Crippen LogP contribution in [0.2, 0.25) is 0 Å². The fraction of sp³-hybridized carbons (Fsp3) is 0.273. The first kappa shape index (κ1) is 16.5. The predicted molar refractivity (Wildman–Crippen MR) is 104 cm³/mol. The third-order valence-electron chi connectivity index (χ3n) is 4.66. The highest BCUT2D eigenvalue weighted by Crippen LogP contribution is 2.30. The lowest BCUT2D eigenvalue weighted by molar-refractivity contribution is 0.453. The van der Waals surface area contributed by atoms with E-state index in [2.05, 4.69) is 97.3 Å². The Labute approximate surface area is 145 Å². The van der Waals surface area contributed by atoms with Crippen LogP contribution in [0.25, 0.3) is 0 Å². The van der Waals surface area contributed by atoms with E-state index >= 15 is 0 Å². The molecule has 0 spiro atoms. The highest BCUT2D eigenvalue weighted by atomic mass is 15.4. The van der Waals surface area contributed by atoms with Crippen LogP contribution in [-0.2, 0) is 0 Å². The zero-order chi connectivity index (χ0) is 16.7. The number of quaternary nitrogens is 1. The second kappa shape index (κ2) is 7.98. The minimum absolute atomic E-state index is 0.799. The lowest BCUT2D eigenvalue weighted by atomic mass is 10.1. The van der Waals surface area contributed by atoms with Crippen LogP contribution >= 0.6 is 0 Å². The Morgan fingerprint density at radius 3 is 2.00 bits per heavy atom. The molecule has 2 heteroatoms. The SMILES string of the molecule is CCCCCC[N+]1(c2ccccc2)C=CN(c2ccccc2)C=C1. The van der Waals surface area contributed by atoms with Gasteiger partial charge in [-0.05, 0) is 37.1 Å². The van der Waals surface area contributed by atoms with Crippen molar-refractivity contribution in [2.75, 3.05) is 11.4 Å². The summed E-state index contributed by atoms with van der Waals surface area (Å²) in [5, 5.41) is 0. The van der Waals surface area contributed by atoms with Crippen molar-refractivity contribution in [3.63, 3.8) is 0 Å². The molecule has 24 heavy (non-hydrogen) atoms. The molecule has 1 heterocycles. The predicted octanol–water partition coefficient (Wildman–Crippen LogP) is 6.04. The summed E-state index contributed by atoms with van der Waals surface area (Å²) in [6.07, 6.45) is 14.2. The van der Waals surface area contributed by atoms with E-state index in [1.54, 1.807) is 0 Å². The number of rotatable bonds is 7. The average molecular weight is 319 g/mol. The molecule has 2 aromatic carbocycles. The summed E-state index contributed by atoms with van der Waals surface area (Å²) in [7, 11) is 0. The number of unbranched alkanes of at least 4 members (excludes halogenated alkanes) is 3. The van der Waals surface area contributed by atoms with Crippen molar-refractivity contribution >= 4 is 11.4 Å². The molecule has 0 amide bonds. The van der Waals surface area contributed by atoms with Crippen LogP contribution in [0.15, 0.2) is 85.5 Å². The van der Waals surface area contributed by atoms with E-state index in [1.807, 2.05) is 0 Å². The van der Waals surface area contributed by atoms with Crippen molar-refractivity contribution in [1.82, 2.24) is 4.48 Å². The van der Waals surface area contributed by atoms with Gasteiger partial charge in [0.1, 0.15) is 18.1 Å². The normalized spacial score (nSPS) is 15.6. The van der Waals surface area contributed by atoms with Gasteiger partial charge in [0.2, 0.25) is 0 Å². The molecule has 0 unspecified atom stereocenters. The zero-order valence-electron chi connectivity index (χ0n) is 14.5. The number of benzene rings is 2. The third kappa shape index (κ3) is 3.77. The van der Waals surface area contributed by atoms with Crippen molar-refractivity contribution in [1.29, 1.82) is 0 Å². The van der Waals surface area contributed by atoms with Crippen molar-refractivity contribution in [3.05, 3.63) is 85.5 Å². The van der Waals surface area contributed by atoms with Crippen LogP contribution in [0, 0.1) is 0 Å². The minimum Gasteiger partial charge on any atom is -0.313 e. The lowest BCUT2D eigenvalue weighted by Gasteiger charge is -2.34. The number of nitrogens with zero attached hydrogens (tertiary/aromatic N) is 2. The van der Waals surface area contributed by atoms with Crippen LogP contribution < -0.4 is 9.38 Å². The van der Waals surface area contributed by atoms with E-state index in [9.17, 15) is 0 Å². The summed E-state index contributed by atoms with van der Waals surface area (Å²) in [5.41, 5.74) is 2.52. The van der Waals surface area contributed by atoms with Crippen LogP contribution in [0.4, 0.5) is 11.4 Å². The molecule has 0 fully saturated rings. The molecule has 2 nitrogen and oxygen atoms in total. The maximum Gasteiger partial charge on any atom is 0.142 e. The van der Waals surface area contributed by atoms with Crippen LogP contribution in [0.3, 0.4) is 0 Å². The quantitative estimate of drug-likeness (QED) is 0.444. The molecule has 1 aliphatic heterocycles. The average Bonchev–Trinajstić information content (AvgIpc) is 2.67.